The third-order valence-electron chi connectivity index (χ3n) is 4.03. The Bertz CT molecular complexity index is 903. The molecule has 5 heteroatoms. The highest BCUT2D eigenvalue weighted by Crippen LogP contribution is 2.12. The fraction of sp³-hybridized carbons (Fsp3) is 0.211. The van der Waals surface area contributed by atoms with Crippen LogP contribution in [-0.4, -0.2) is 22.2 Å². The largest absolute Gasteiger partial charge is 0.354 e. The summed E-state index contributed by atoms with van der Waals surface area (Å²) in [5.74, 6) is -0.0147. The average Bonchev–Trinajstić information content (AvgIpc) is 2.63. The van der Waals surface area contributed by atoms with Gasteiger partial charge in [0, 0.05) is 11.9 Å². The highest BCUT2D eigenvalue weighted by Gasteiger charge is 2.10. The first-order chi connectivity index (χ1) is 11.6. The van der Waals surface area contributed by atoms with Crippen LogP contribution in [0.1, 0.15) is 18.4 Å². The smallest absolute Gasteiger partial charge is 0.275 e. The second-order valence-corrected chi connectivity index (χ2v) is 5.81. The number of hydrogen-bond donors (Lipinski definition) is 1. The van der Waals surface area contributed by atoms with Crippen LogP contribution in [0.3, 0.4) is 0 Å². The van der Waals surface area contributed by atoms with Crippen molar-refractivity contribution in [3.05, 3.63) is 76.7 Å². The van der Waals surface area contributed by atoms with Crippen molar-refractivity contribution in [2.45, 2.75) is 19.4 Å². The first kappa shape index (κ1) is 15.9. The Morgan fingerprint density at radius 2 is 1.83 bits per heavy atom. The van der Waals surface area contributed by atoms with Gasteiger partial charge in [0.2, 0.25) is 5.91 Å². The van der Waals surface area contributed by atoms with Gasteiger partial charge in [-0.3, -0.25) is 9.59 Å². The normalized spacial score (nSPS) is 12.0. The Morgan fingerprint density at radius 3 is 2.62 bits per heavy atom. The highest BCUT2D eigenvalue weighted by molar-refractivity contribution is 5.81. The molecule has 0 aliphatic rings. The molecule has 3 aromatic rings. The summed E-state index contributed by atoms with van der Waals surface area (Å²) in [5.41, 5.74) is 0.915. The Balaban J connectivity index is 1.65. The summed E-state index contributed by atoms with van der Waals surface area (Å²) in [6.07, 6.45) is 1.61. The molecule has 0 saturated carbocycles. The zero-order chi connectivity index (χ0) is 16.9. The lowest BCUT2D eigenvalue weighted by Gasteiger charge is -2.13. The minimum Gasteiger partial charge on any atom is -0.354 e. The quantitative estimate of drug-likeness (QED) is 0.784. The lowest BCUT2D eigenvalue weighted by atomic mass is 10.0. The van der Waals surface area contributed by atoms with Crippen molar-refractivity contribution >= 4 is 16.7 Å². The SMILES string of the molecule is C[C@@H](CNC(=O)Cn1ncc2ccccc2c1=O)c1ccccc1. The number of carbonyl (C=O) groups excluding carboxylic acids is 1. The summed E-state index contributed by atoms with van der Waals surface area (Å²) in [5, 5.41) is 8.28. The van der Waals surface area contributed by atoms with Crippen molar-refractivity contribution < 1.29 is 4.79 Å². The number of nitrogens with one attached hydrogen (secondary N) is 1. The minimum atomic E-state index is -0.251. The van der Waals surface area contributed by atoms with E-state index in [0.717, 1.165) is 5.39 Å². The molecular formula is C19H19N3O2. The molecular weight excluding hydrogens is 302 g/mol. The predicted molar refractivity (Wildman–Crippen MR) is 93.9 cm³/mol. The van der Waals surface area contributed by atoms with Crippen LogP contribution in [0.15, 0.2) is 65.6 Å². The van der Waals surface area contributed by atoms with Crippen LogP contribution in [0.4, 0.5) is 0 Å². The second kappa shape index (κ2) is 7.08. The maximum atomic E-state index is 12.3. The van der Waals surface area contributed by atoms with Crippen molar-refractivity contribution in [1.29, 1.82) is 0 Å². The van der Waals surface area contributed by atoms with Crippen LogP contribution in [0, 0.1) is 0 Å². The molecule has 0 aliphatic carbocycles. The van der Waals surface area contributed by atoms with E-state index < -0.39 is 0 Å². The van der Waals surface area contributed by atoms with Gasteiger partial charge in [-0.25, -0.2) is 4.68 Å². The molecule has 0 saturated heterocycles. The van der Waals surface area contributed by atoms with E-state index in [2.05, 4.69) is 17.3 Å². The van der Waals surface area contributed by atoms with Crippen molar-refractivity contribution in [1.82, 2.24) is 15.1 Å². The van der Waals surface area contributed by atoms with Crippen molar-refractivity contribution in [3.8, 4) is 0 Å². The van der Waals surface area contributed by atoms with Crippen LogP contribution in [-0.2, 0) is 11.3 Å². The van der Waals surface area contributed by atoms with Crippen LogP contribution in [0.5, 0.6) is 0 Å². The van der Waals surface area contributed by atoms with Gasteiger partial charge >= 0.3 is 0 Å². The molecule has 0 fully saturated rings. The molecule has 122 valence electrons. The molecule has 3 rings (SSSR count). The summed E-state index contributed by atoms with van der Waals surface area (Å²) in [6, 6.07) is 17.2. The number of carbonyl (C=O) groups is 1. The molecule has 0 bridgehead atoms. The van der Waals surface area contributed by atoms with E-state index in [-0.39, 0.29) is 23.9 Å². The van der Waals surface area contributed by atoms with Crippen LogP contribution >= 0.6 is 0 Å². The molecule has 1 N–H and O–H groups in total. The number of hydrogen-bond acceptors (Lipinski definition) is 3. The van der Waals surface area contributed by atoms with Gasteiger partial charge in [0.1, 0.15) is 6.54 Å². The molecule has 0 radical (unpaired) electrons. The lowest BCUT2D eigenvalue weighted by molar-refractivity contribution is -0.121. The molecule has 2 aromatic carbocycles. The van der Waals surface area contributed by atoms with Crippen molar-refractivity contribution in [3.63, 3.8) is 0 Å². The van der Waals surface area contributed by atoms with Gasteiger partial charge in [0.05, 0.1) is 11.6 Å². The first-order valence-corrected chi connectivity index (χ1v) is 7.91. The van der Waals surface area contributed by atoms with Crippen LogP contribution in [0.25, 0.3) is 10.8 Å². The van der Waals surface area contributed by atoms with E-state index in [1.165, 1.54) is 10.2 Å². The minimum absolute atomic E-state index is 0.0782. The summed E-state index contributed by atoms with van der Waals surface area (Å²) >= 11 is 0. The number of nitrogens with zero attached hydrogens (tertiary/aromatic N) is 2. The van der Waals surface area contributed by atoms with Gasteiger partial charge in [-0.1, -0.05) is 55.5 Å². The van der Waals surface area contributed by atoms with Crippen LogP contribution in [0.2, 0.25) is 0 Å². The number of benzene rings is 2. The Morgan fingerprint density at radius 1 is 1.12 bits per heavy atom. The Kier molecular flexibility index (Phi) is 4.70. The summed E-state index contributed by atoms with van der Waals surface area (Å²) in [6.45, 7) is 2.49. The molecule has 0 spiro atoms. The number of rotatable bonds is 5. The fourth-order valence-corrected chi connectivity index (χ4v) is 2.60. The monoisotopic (exact) mass is 321 g/mol. The maximum Gasteiger partial charge on any atom is 0.275 e. The lowest BCUT2D eigenvalue weighted by Crippen LogP contribution is -2.35. The van der Waals surface area contributed by atoms with E-state index in [4.69, 9.17) is 0 Å². The number of aromatic nitrogens is 2. The van der Waals surface area contributed by atoms with Crippen LogP contribution < -0.4 is 10.9 Å². The average molecular weight is 321 g/mol. The zero-order valence-electron chi connectivity index (χ0n) is 13.5. The third-order valence-corrected chi connectivity index (χ3v) is 4.03. The molecule has 5 nitrogen and oxygen atoms in total. The van der Waals surface area contributed by atoms with E-state index in [0.29, 0.717) is 11.9 Å². The van der Waals surface area contributed by atoms with Gasteiger partial charge in [0.25, 0.3) is 5.56 Å². The first-order valence-electron chi connectivity index (χ1n) is 7.91. The molecule has 1 amide bonds. The van der Waals surface area contributed by atoms with E-state index >= 15 is 0 Å². The Hall–Kier alpha value is -2.95. The Labute approximate surface area is 139 Å². The molecule has 1 aromatic heterocycles. The highest BCUT2D eigenvalue weighted by atomic mass is 16.2. The molecule has 0 aliphatic heterocycles. The third kappa shape index (κ3) is 3.51. The van der Waals surface area contributed by atoms with Crippen molar-refractivity contribution in [2.75, 3.05) is 6.54 Å². The van der Waals surface area contributed by atoms with Gasteiger partial charge in [-0.05, 0) is 17.5 Å². The topological polar surface area (TPSA) is 64.0 Å². The second-order valence-electron chi connectivity index (χ2n) is 5.81. The van der Waals surface area contributed by atoms with Crippen molar-refractivity contribution in [2.24, 2.45) is 0 Å². The summed E-state index contributed by atoms with van der Waals surface area (Å²) < 4.78 is 1.20. The van der Waals surface area contributed by atoms with Gasteiger partial charge in [-0.2, -0.15) is 5.10 Å². The molecule has 0 unspecified atom stereocenters. The molecule has 1 heterocycles. The van der Waals surface area contributed by atoms with E-state index in [9.17, 15) is 9.59 Å². The fourth-order valence-electron chi connectivity index (χ4n) is 2.60. The maximum absolute atomic E-state index is 12.3. The summed E-state index contributed by atoms with van der Waals surface area (Å²) in [7, 11) is 0. The summed E-state index contributed by atoms with van der Waals surface area (Å²) in [4.78, 5) is 24.5. The predicted octanol–water partition coefficient (Wildman–Crippen LogP) is 2.32. The van der Waals surface area contributed by atoms with E-state index in [1.807, 2.05) is 42.5 Å². The molecule has 24 heavy (non-hydrogen) atoms. The van der Waals surface area contributed by atoms with Gasteiger partial charge in [0.15, 0.2) is 0 Å². The number of amides is 1. The number of fused-ring (bicyclic) bond motifs is 1. The standard InChI is InChI=1S/C19H19N3O2/c1-14(15-7-3-2-4-8-15)11-20-18(23)13-22-19(24)17-10-6-5-9-16(17)12-21-22/h2-10,12,14H,11,13H2,1H3,(H,20,23)/t14-/m0/s1. The molecule has 1 atom stereocenters. The van der Waals surface area contributed by atoms with E-state index in [1.54, 1.807) is 18.3 Å². The zero-order valence-corrected chi connectivity index (χ0v) is 13.5. The van der Waals surface area contributed by atoms with Gasteiger partial charge in [-0.15, -0.1) is 0 Å². The van der Waals surface area contributed by atoms with Gasteiger partial charge < -0.3 is 5.32 Å².